The van der Waals surface area contributed by atoms with Gasteiger partial charge >= 0.3 is 0 Å². The highest BCUT2D eigenvalue weighted by Crippen LogP contribution is 2.37. The second kappa shape index (κ2) is 5.87. The van der Waals surface area contributed by atoms with Crippen LogP contribution in [0.5, 0.6) is 0 Å². The molecular formula is C15H24N4. The molecule has 2 heterocycles. The number of nitrogens with zero attached hydrogens (tertiary/aromatic N) is 3. The molecule has 19 heavy (non-hydrogen) atoms. The number of rotatable bonds is 4. The Morgan fingerprint density at radius 1 is 1.21 bits per heavy atom. The standard InChI is InChI=1S/C15H24N4/c1-2-16-9-13-10-18-15(11-17-13)19-8-7-12-5-3-4-6-14(12)19/h10-12,14,16H,2-9H2,1H3. The fourth-order valence-electron chi connectivity index (χ4n) is 3.53. The van der Waals surface area contributed by atoms with Gasteiger partial charge in [0.25, 0.3) is 0 Å². The third-order valence-corrected chi connectivity index (χ3v) is 4.55. The van der Waals surface area contributed by atoms with Crippen LogP contribution in [0, 0.1) is 5.92 Å². The second-order valence-electron chi connectivity index (χ2n) is 5.74. The van der Waals surface area contributed by atoms with Gasteiger partial charge < -0.3 is 10.2 Å². The molecule has 1 saturated heterocycles. The summed E-state index contributed by atoms with van der Waals surface area (Å²) in [6.07, 6.45) is 10.8. The lowest BCUT2D eigenvalue weighted by atomic mass is 9.85. The minimum absolute atomic E-state index is 0.725. The Hall–Kier alpha value is -1.16. The van der Waals surface area contributed by atoms with E-state index in [0.29, 0.717) is 0 Å². The molecule has 1 N–H and O–H groups in total. The summed E-state index contributed by atoms with van der Waals surface area (Å²) in [7, 11) is 0. The molecule has 1 aromatic rings. The Kier molecular flexibility index (Phi) is 3.97. The van der Waals surface area contributed by atoms with Crippen LogP contribution in [-0.4, -0.2) is 29.1 Å². The third-order valence-electron chi connectivity index (χ3n) is 4.55. The van der Waals surface area contributed by atoms with Crippen molar-refractivity contribution in [2.75, 3.05) is 18.0 Å². The van der Waals surface area contributed by atoms with Gasteiger partial charge in [-0.3, -0.25) is 4.98 Å². The molecule has 104 valence electrons. The zero-order valence-corrected chi connectivity index (χ0v) is 11.8. The highest BCUT2D eigenvalue weighted by Gasteiger charge is 2.36. The molecule has 2 atom stereocenters. The Morgan fingerprint density at radius 3 is 2.89 bits per heavy atom. The van der Waals surface area contributed by atoms with E-state index >= 15 is 0 Å². The van der Waals surface area contributed by atoms with Crippen LogP contribution in [0.4, 0.5) is 5.82 Å². The first-order valence-corrected chi connectivity index (χ1v) is 7.66. The van der Waals surface area contributed by atoms with Crippen molar-refractivity contribution >= 4 is 5.82 Å². The van der Waals surface area contributed by atoms with Crippen molar-refractivity contribution in [1.82, 2.24) is 15.3 Å². The van der Waals surface area contributed by atoms with E-state index < -0.39 is 0 Å². The molecule has 0 aromatic carbocycles. The predicted molar refractivity (Wildman–Crippen MR) is 77.1 cm³/mol. The summed E-state index contributed by atoms with van der Waals surface area (Å²) in [6.45, 7) is 5.06. The van der Waals surface area contributed by atoms with E-state index in [0.717, 1.165) is 43.1 Å². The van der Waals surface area contributed by atoms with Gasteiger partial charge in [0.15, 0.2) is 0 Å². The van der Waals surface area contributed by atoms with Gasteiger partial charge in [0.2, 0.25) is 0 Å². The Bertz CT molecular complexity index is 403. The van der Waals surface area contributed by atoms with E-state index in [-0.39, 0.29) is 0 Å². The van der Waals surface area contributed by atoms with Gasteiger partial charge in [-0.05, 0) is 31.7 Å². The fourth-order valence-corrected chi connectivity index (χ4v) is 3.53. The average Bonchev–Trinajstić information content (AvgIpc) is 2.90. The molecule has 1 aromatic heterocycles. The van der Waals surface area contributed by atoms with E-state index in [2.05, 4.69) is 27.1 Å². The topological polar surface area (TPSA) is 41.1 Å². The number of fused-ring (bicyclic) bond motifs is 1. The normalized spacial score (nSPS) is 26.5. The summed E-state index contributed by atoms with van der Waals surface area (Å²) in [5.41, 5.74) is 1.03. The van der Waals surface area contributed by atoms with Crippen LogP contribution in [0.15, 0.2) is 12.4 Å². The molecule has 4 heteroatoms. The third kappa shape index (κ3) is 2.73. The Balaban J connectivity index is 1.68. The number of aromatic nitrogens is 2. The Morgan fingerprint density at radius 2 is 2.11 bits per heavy atom. The molecule has 0 amide bonds. The van der Waals surface area contributed by atoms with Crippen LogP contribution in [0.2, 0.25) is 0 Å². The van der Waals surface area contributed by atoms with Gasteiger partial charge in [0.1, 0.15) is 5.82 Å². The van der Waals surface area contributed by atoms with Gasteiger partial charge in [-0.2, -0.15) is 0 Å². The van der Waals surface area contributed by atoms with Crippen LogP contribution < -0.4 is 10.2 Å². The van der Waals surface area contributed by atoms with Crippen LogP contribution >= 0.6 is 0 Å². The molecule has 1 aliphatic carbocycles. The van der Waals surface area contributed by atoms with E-state index in [4.69, 9.17) is 0 Å². The summed E-state index contributed by atoms with van der Waals surface area (Å²) in [5, 5.41) is 3.28. The van der Waals surface area contributed by atoms with E-state index in [1.54, 1.807) is 0 Å². The average molecular weight is 260 g/mol. The van der Waals surface area contributed by atoms with Crippen molar-refractivity contribution in [2.45, 2.75) is 51.6 Å². The van der Waals surface area contributed by atoms with Crippen LogP contribution in [0.1, 0.15) is 44.7 Å². The quantitative estimate of drug-likeness (QED) is 0.902. The minimum Gasteiger partial charge on any atom is -0.352 e. The zero-order chi connectivity index (χ0) is 13.1. The number of hydrogen-bond acceptors (Lipinski definition) is 4. The van der Waals surface area contributed by atoms with Crippen molar-refractivity contribution in [3.05, 3.63) is 18.1 Å². The summed E-state index contributed by atoms with van der Waals surface area (Å²) in [5.74, 6) is 1.98. The number of nitrogens with one attached hydrogen (secondary N) is 1. The lowest BCUT2D eigenvalue weighted by molar-refractivity contribution is 0.341. The Labute approximate surface area is 115 Å². The van der Waals surface area contributed by atoms with Crippen molar-refractivity contribution in [3.8, 4) is 0 Å². The maximum Gasteiger partial charge on any atom is 0.147 e. The monoisotopic (exact) mass is 260 g/mol. The maximum absolute atomic E-state index is 4.63. The van der Waals surface area contributed by atoms with Crippen molar-refractivity contribution in [3.63, 3.8) is 0 Å². The van der Waals surface area contributed by atoms with Crippen molar-refractivity contribution in [2.24, 2.45) is 5.92 Å². The molecular weight excluding hydrogens is 236 g/mol. The molecule has 2 unspecified atom stereocenters. The number of anilines is 1. The smallest absolute Gasteiger partial charge is 0.147 e. The molecule has 4 nitrogen and oxygen atoms in total. The minimum atomic E-state index is 0.725. The first-order chi connectivity index (χ1) is 9.38. The van der Waals surface area contributed by atoms with Gasteiger partial charge in [0, 0.05) is 19.1 Å². The molecule has 0 spiro atoms. The highest BCUT2D eigenvalue weighted by molar-refractivity contribution is 5.39. The summed E-state index contributed by atoms with van der Waals surface area (Å²) < 4.78 is 0. The fraction of sp³-hybridized carbons (Fsp3) is 0.733. The van der Waals surface area contributed by atoms with Crippen molar-refractivity contribution in [1.29, 1.82) is 0 Å². The molecule has 1 saturated carbocycles. The maximum atomic E-state index is 4.63. The zero-order valence-electron chi connectivity index (χ0n) is 11.8. The highest BCUT2D eigenvalue weighted by atomic mass is 15.2. The lowest BCUT2D eigenvalue weighted by Gasteiger charge is -2.32. The van der Waals surface area contributed by atoms with Gasteiger partial charge in [0.05, 0.1) is 18.1 Å². The van der Waals surface area contributed by atoms with E-state index in [9.17, 15) is 0 Å². The predicted octanol–water partition coefficient (Wildman–Crippen LogP) is 2.36. The van der Waals surface area contributed by atoms with E-state index in [1.807, 2.05) is 12.4 Å². The van der Waals surface area contributed by atoms with E-state index in [1.165, 1.54) is 32.1 Å². The van der Waals surface area contributed by atoms with Crippen LogP contribution in [0.25, 0.3) is 0 Å². The van der Waals surface area contributed by atoms with Crippen LogP contribution in [-0.2, 0) is 6.54 Å². The SMILES string of the molecule is CCNCc1cnc(N2CCC3CCCCC32)cn1. The first-order valence-electron chi connectivity index (χ1n) is 7.66. The number of hydrogen-bond donors (Lipinski definition) is 1. The van der Waals surface area contributed by atoms with Gasteiger partial charge in [-0.15, -0.1) is 0 Å². The summed E-state index contributed by atoms with van der Waals surface area (Å²) >= 11 is 0. The molecule has 2 fully saturated rings. The lowest BCUT2D eigenvalue weighted by Crippen LogP contribution is -2.35. The molecule has 0 radical (unpaired) electrons. The summed E-state index contributed by atoms with van der Waals surface area (Å²) in [6, 6.07) is 0.725. The van der Waals surface area contributed by atoms with Crippen LogP contribution in [0.3, 0.4) is 0 Å². The van der Waals surface area contributed by atoms with Gasteiger partial charge in [-0.25, -0.2) is 4.98 Å². The largest absolute Gasteiger partial charge is 0.352 e. The van der Waals surface area contributed by atoms with Gasteiger partial charge in [-0.1, -0.05) is 19.8 Å². The van der Waals surface area contributed by atoms with Crippen molar-refractivity contribution < 1.29 is 0 Å². The molecule has 2 aliphatic rings. The second-order valence-corrected chi connectivity index (χ2v) is 5.74. The summed E-state index contributed by atoms with van der Waals surface area (Å²) in [4.78, 5) is 11.7. The molecule has 3 rings (SSSR count). The first kappa shape index (κ1) is 12.9. The molecule has 1 aliphatic heterocycles. The molecule has 0 bridgehead atoms.